The first-order valence-electron chi connectivity index (χ1n) is 6.01. The Morgan fingerprint density at radius 3 is 2.68 bits per heavy atom. The summed E-state index contributed by atoms with van der Waals surface area (Å²) in [5.74, 6) is 0.754. The topological polar surface area (TPSA) is 49.8 Å². The predicted molar refractivity (Wildman–Crippen MR) is 77.2 cm³/mol. The summed E-state index contributed by atoms with van der Waals surface area (Å²) in [4.78, 5) is 8.56. The van der Waals surface area contributed by atoms with Crippen LogP contribution in [0.4, 0.5) is 11.5 Å². The number of anilines is 2. The Bertz CT molecular complexity index is 598. The molecule has 0 bridgehead atoms. The predicted octanol–water partition coefficient (Wildman–Crippen LogP) is 3.17. The molecule has 1 aliphatic rings. The molecule has 2 heterocycles. The number of nitrogens with zero attached hydrogens (tertiary/aromatic N) is 2. The summed E-state index contributed by atoms with van der Waals surface area (Å²) in [7, 11) is 0. The van der Waals surface area contributed by atoms with Crippen LogP contribution in [0.25, 0.3) is 0 Å². The molecule has 98 valence electrons. The van der Waals surface area contributed by atoms with E-state index in [4.69, 9.17) is 23.2 Å². The van der Waals surface area contributed by atoms with Gasteiger partial charge in [-0.25, -0.2) is 9.97 Å². The standard InChI is InChI=1S/C13H12Cl2N4/c14-8-1-3-9(4-2-8)17-12-10-7-16-6-5-11(10)18-13(15)19-12/h1-4,16H,5-7H2,(H,17,18,19). The third-order valence-electron chi connectivity index (χ3n) is 3.01. The molecular formula is C13H12Cl2N4. The van der Waals surface area contributed by atoms with Gasteiger partial charge in [0.05, 0.1) is 5.69 Å². The molecule has 0 atom stereocenters. The van der Waals surface area contributed by atoms with Crippen LogP contribution in [0.2, 0.25) is 10.3 Å². The zero-order valence-corrected chi connectivity index (χ0v) is 11.6. The molecule has 0 saturated carbocycles. The summed E-state index contributed by atoms with van der Waals surface area (Å²) in [6, 6.07) is 7.47. The summed E-state index contributed by atoms with van der Waals surface area (Å²) < 4.78 is 0. The van der Waals surface area contributed by atoms with Crippen LogP contribution in [0.5, 0.6) is 0 Å². The van der Waals surface area contributed by atoms with Crippen LogP contribution in [-0.4, -0.2) is 16.5 Å². The Hall–Kier alpha value is -1.36. The van der Waals surface area contributed by atoms with Crippen molar-refractivity contribution < 1.29 is 0 Å². The maximum Gasteiger partial charge on any atom is 0.224 e. The molecule has 2 N–H and O–H groups in total. The van der Waals surface area contributed by atoms with Crippen molar-refractivity contribution >= 4 is 34.7 Å². The second-order valence-electron chi connectivity index (χ2n) is 4.33. The highest BCUT2D eigenvalue weighted by Gasteiger charge is 2.17. The third-order valence-corrected chi connectivity index (χ3v) is 3.43. The molecule has 0 spiro atoms. The van der Waals surface area contributed by atoms with Crippen molar-refractivity contribution in [2.24, 2.45) is 0 Å². The van der Waals surface area contributed by atoms with Crippen LogP contribution >= 0.6 is 23.2 Å². The van der Waals surface area contributed by atoms with Gasteiger partial charge in [-0.1, -0.05) is 11.6 Å². The highest BCUT2D eigenvalue weighted by atomic mass is 35.5. The minimum absolute atomic E-state index is 0.275. The van der Waals surface area contributed by atoms with Crippen LogP contribution in [0.3, 0.4) is 0 Å². The number of nitrogens with one attached hydrogen (secondary N) is 2. The van der Waals surface area contributed by atoms with Gasteiger partial charge < -0.3 is 10.6 Å². The molecule has 1 aromatic carbocycles. The van der Waals surface area contributed by atoms with E-state index >= 15 is 0 Å². The Kier molecular flexibility index (Phi) is 3.55. The molecule has 0 amide bonds. The first kappa shape index (κ1) is 12.7. The highest BCUT2D eigenvalue weighted by molar-refractivity contribution is 6.30. The number of hydrogen-bond acceptors (Lipinski definition) is 4. The minimum atomic E-state index is 0.275. The van der Waals surface area contributed by atoms with E-state index < -0.39 is 0 Å². The van der Waals surface area contributed by atoms with Crippen LogP contribution in [0, 0.1) is 0 Å². The maximum atomic E-state index is 5.97. The zero-order chi connectivity index (χ0) is 13.2. The fourth-order valence-corrected chi connectivity index (χ4v) is 2.40. The Labute approximate surface area is 121 Å². The Morgan fingerprint density at radius 2 is 1.89 bits per heavy atom. The zero-order valence-electron chi connectivity index (χ0n) is 10.1. The molecule has 1 aliphatic heterocycles. The van der Waals surface area contributed by atoms with E-state index in [1.54, 1.807) is 0 Å². The molecule has 0 radical (unpaired) electrons. The quantitative estimate of drug-likeness (QED) is 0.836. The summed E-state index contributed by atoms with van der Waals surface area (Å²) in [5, 5.41) is 7.56. The molecule has 3 rings (SSSR count). The molecule has 0 fully saturated rings. The molecule has 2 aromatic rings. The third kappa shape index (κ3) is 2.81. The van der Waals surface area contributed by atoms with E-state index in [2.05, 4.69) is 20.6 Å². The maximum absolute atomic E-state index is 5.97. The van der Waals surface area contributed by atoms with Crippen molar-refractivity contribution in [1.82, 2.24) is 15.3 Å². The van der Waals surface area contributed by atoms with Gasteiger partial charge in [0.1, 0.15) is 5.82 Å². The van der Waals surface area contributed by atoms with Crippen molar-refractivity contribution in [2.45, 2.75) is 13.0 Å². The van der Waals surface area contributed by atoms with Crippen molar-refractivity contribution in [3.8, 4) is 0 Å². The number of hydrogen-bond donors (Lipinski definition) is 2. The summed E-state index contributed by atoms with van der Waals surface area (Å²) in [6.07, 6.45) is 0.868. The van der Waals surface area contributed by atoms with Gasteiger partial charge in [0.2, 0.25) is 5.28 Å². The van der Waals surface area contributed by atoms with Crippen molar-refractivity contribution in [3.63, 3.8) is 0 Å². The lowest BCUT2D eigenvalue weighted by atomic mass is 10.1. The first-order chi connectivity index (χ1) is 9.22. The smallest absolute Gasteiger partial charge is 0.224 e. The van der Waals surface area contributed by atoms with Gasteiger partial charge in [0, 0.05) is 35.8 Å². The number of aromatic nitrogens is 2. The summed E-state index contributed by atoms with van der Waals surface area (Å²) in [5.41, 5.74) is 3.01. The van der Waals surface area contributed by atoms with Gasteiger partial charge >= 0.3 is 0 Å². The largest absolute Gasteiger partial charge is 0.340 e. The second kappa shape index (κ2) is 5.33. The molecule has 1 aromatic heterocycles. The van der Waals surface area contributed by atoms with E-state index in [0.717, 1.165) is 42.3 Å². The highest BCUT2D eigenvalue weighted by Crippen LogP contribution is 2.25. The number of halogens is 2. The number of benzene rings is 1. The van der Waals surface area contributed by atoms with Crippen LogP contribution in [0.15, 0.2) is 24.3 Å². The van der Waals surface area contributed by atoms with Gasteiger partial charge in [-0.3, -0.25) is 0 Å². The van der Waals surface area contributed by atoms with Crippen LogP contribution in [-0.2, 0) is 13.0 Å². The van der Waals surface area contributed by atoms with E-state index in [0.29, 0.717) is 5.02 Å². The van der Waals surface area contributed by atoms with Gasteiger partial charge in [0.15, 0.2) is 0 Å². The van der Waals surface area contributed by atoms with Crippen molar-refractivity contribution in [2.75, 3.05) is 11.9 Å². The van der Waals surface area contributed by atoms with Gasteiger partial charge in [-0.05, 0) is 35.9 Å². The van der Waals surface area contributed by atoms with E-state index in [-0.39, 0.29) is 5.28 Å². The monoisotopic (exact) mass is 294 g/mol. The van der Waals surface area contributed by atoms with E-state index in [1.807, 2.05) is 24.3 Å². The SMILES string of the molecule is Clc1ccc(Nc2nc(Cl)nc3c2CNCC3)cc1. The fourth-order valence-electron chi connectivity index (χ4n) is 2.09. The molecule has 0 saturated heterocycles. The Balaban J connectivity index is 1.95. The molecule has 0 unspecified atom stereocenters. The fraction of sp³-hybridized carbons (Fsp3) is 0.231. The van der Waals surface area contributed by atoms with E-state index in [1.165, 1.54) is 0 Å². The van der Waals surface area contributed by atoms with Crippen molar-refractivity contribution in [1.29, 1.82) is 0 Å². The van der Waals surface area contributed by atoms with Gasteiger partial charge in [0.25, 0.3) is 0 Å². The normalized spacial score (nSPS) is 14.0. The average molecular weight is 295 g/mol. The van der Waals surface area contributed by atoms with Crippen molar-refractivity contribution in [3.05, 3.63) is 45.8 Å². The second-order valence-corrected chi connectivity index (χ2v) is 5.10. The molecule has 6 heteroatoms. The van der Waals surface area contributed by atoms with E-state index in [9.17, 15) is 0 Å². The van der Waals surface area contributed by atoms with Crippen LogP contribution < -0.4 is 10.6 Å². The van der Waals surface area contributed by atoms with Gasteiger partial charge in [-0.2, -0.15) is 0 Å². The van der Waals surface area contributed by atoms with Crippen LogP contribution in [0.1, 0.15) is 11.3 Å². The summed E-state index contributed by atoms with van der Waals surface area (Å²) >= 11 is 11.8. The molecule has 0 aliphatic carbocycles. The lowest BCUT2D eigenvalue weighted by molar-refractivity contribution is 0.628. The molecule has 19 heavy (non-hydrogen) atoms. The molecular weight excluding hydrogens is 283 g/mol. The lowest BCUT2D eigenvalue weighted by Gasteiger charge is -2.19. The summed E-state index contributed by atoms with van der Waals surface area (Å²) in [6.45, 7) is 1.67. The minimum Gasteiger partial charge on any atom is -0.340 e. The first-order valence-corrected chi connectivity index (χ1v) is 6.76. The lowest BCUT2D eigenvalue weighted by Crippen LogP contribution is -2.26. The average Bonchev–Trinajstić information content (AvgIpc) is 2.41. The number of rotatable bonds is 2. The number of fused-ring (bicyclic) bond motifs is 1. The van der Waals surface area contributed by atoms with Gasteiger partial charge in [-0.15, -0.1) is 0 Å². The Morgan fingerprint density at radius 1 is 1.11 bits per heavy atom. The molecule has 4 nitrogen and oxygen atoms in total.